The first-order chi connectivity index (χ1) is 16.9. The second kappa shape index (κ2) is 11.6. The fourth-order valence-corrected chi connectivity index (χ4v) is 5.54. The van der Waals surface area contributed by atoms with Gasteiger partial charge in [0.15, 0.2) is 0 Å². The Morgan fingerprint density at radius 1 is 1.03 bits per heavy atom. The van der Waals surface area contributed by atoms with Crippen molar-refractivity contribution >= 4 is 33.3 Å². The second-order valence-electron chi connectivity index (χ2n) is 9.11. The van der Waals surface area contributed by atoms with Crippen LogP contribution in [0.1, 0.15) is 52.9 Å². The molecule has 1 atom stereocenters. The Morgan fingerprint density at radius 2 is 1.71 bits per heavy atom. The van der Waals surface area contributed by atoms with Gasteiger partial charge in [0.1, 0.15) is 11.8 Å². The molecule has 1 aliphatic carbocycles. The van der Waals surface area contributed by atoms with Crippen molar-refractivity contribution in [2.75, 3.05) is 0 Å². The first-order valence-corrected chi connectivity index (χ1v) is 12.6. The third-order valence-corrected chi connectivity index (χ3v) is 7.59. The van der Waals surface area contributed by atoms with Crippen LogP contribution in [0.5, 0.6) is 5.75 Å². The van der Waals surface area contributed by atoms with Gasteiger partial charge in [-0.05, 0) is 78.8 Å². The van der Waals surface area contributed by atoms with Gasteiger partial charge in [0, 0.05) is 17.8 Å². The van der Waals surface area contributed by atoms with E-state index in [1.54, 1.807) is 11.5 Å². The molecule has 0 radical (unpaired) electrons. The molecule has 0 saturated heterocycles. The molecule has 186 valence electrons. The SMILES string of the molecule is N[C@@H](CC1CCC(Oc2ccc(CNCc3ccc4cc(C(=O)NO)sc4c3)cc2)CC1)C(=O)O. The summed E-state index contributed by atoms with van der Waals surface area (Å²) in [7, 11) is 0. The van der Waals surface area contributed by atoms with Crippen molar-refractivity contribution in [1.29, 1.82) is 0 Å². The summed E-state index contributed by atoms with van der Waals surface area (Å²) in [4.78, 5) is 23.0. The summed E-state index contributed by atoms with van der Waals surface area (Å²) < 4.78 is 7.14. The molecule has 0 spiro atoms. The van der Waals surface area contributed by atoms with E-state index in [0.717, 1.165) is 59.2 Å². The number of rotatable bonds is 10. The third-order valence-electron chi connectivity index (χ3n) is 6.49. The van der Waals surface area contributed by atoms with E-state index < -0.39 is 17.9 Å². The maximum Gasteiger partial charge on any atom is 0.320 e. The Hall–Kier alpha value is -2.98. The van der Waals surface area contributed by atoms with Gasteiger partial charge in [-0.1, -0.05) is 24.3 Å². The van der Waals surface area contributed by atoms with Crippen LogP contribution in [-0.2, 0) is 17.9 Å². The van der Waals surface area contributed by atoms with Gasteiger partial charge in [0.2, 0.25) is 0 Å². The van der Waals surface area contributed by atoms with Crippen molar-refractivity contribution in [3.05, 3.63) is 64.5 Å². The Bertz CT molecular complexity index is 1160. The number of carbonyl (C=O) groups is 2. The molecule has 6 N–H and O–H groups in total. The van der Waals surface area contributed by atoms with Gasteiger partial charge in [-0.3, -0.25) is 14.8 Å². The lowest BCUT2D eigenvalue weighted by Gasteiger charge is -2.29. The van der Waals surface area contributed by atoms with Crippen LogP contribution in [0.25, 0.3) is 10.1 Å². The molecule has 0 unspecified atom stereocenters. The van der Waals surface area contributed by atoms with Crippen LogP contribution in [-0.4, -0.2) is 34.3 Å². The molecule has 3 aromatic rings. The fraction of sp³-hybridized carbons (Fsp3) is 0.385. The van der Waals surface area contributed by atoms with E-state index in [0.29, 0.717) is 23.8 Å². The van der Waals surface area contributed by atoms with Gasteiger partial charge in [0.05, 0.1) is 11.0 Å². The molecule has 8 nitrogen and oxygen atoms in total. The number of benzene rings is 2. The van der Waals surface area contributed by atoms with E-state index >= 15 is 0 Å². The molecule has 1 amide bonds. The van der Waals surface area contributed by atoms with Crippen molar-refractivity contribution in [3.63, 3.8) is 0 Å². The molecule has 0 aliphatic heterocycles. The van der Waals surface area contributed by atoms with Crippen molar-refractivity contribution in [1.82, 2.24) is 10.8 Å². The maximum atomic E-state index is 11.6. The molecule has 1 aliphatic rings. The number of nitrogens with two attached hydrogens (primary N) is 1. The molecule has 1 fully saturated rings. The van der Waals surface area contributed by atoms with Crippen LogP contribution in [0.2, 0.25) is 0 Å². The van der Waals surface area contributed by atoms with E-state index in [1.807, 2.05) is 24.3 Å². The number of nitrogens with one attached hydrogen (secondary N) is 2. The molecule has 1 aromatic heterocycles. The monoisotopic (exact) mass is 497 g/mol. The summed E-state index contributed by atoms with van der Waals surface area (Å²) in [5.41, 5.74) is 9.62. The van der Waals surface area contributed by atoms with Gasteiger partial charge in [-0.2, -0.15) is 0 Å². The highest BCUT2D eigenvalue weighted by Crippen LogP contribution is 2.30. The Kier molecular flexibility index (Phi) is 8.35. The zero-order valence-electron chi connectivity index (χ0n) is 19.4. The summed E-state index contributed by atoms with van der Waals surface area (Å²) in [6.45, 7) is 1.41. The quantitative estimate of drug-likeness (QED) is 0.211. The van der Waals surface area contributed by atoms with Crippen molar-refractivity contribution in [3.8, 4) is 5.75 Å². The van der Waals surface area contributed by atoms with Crippen molar-refractivity contribution < 1.29 is 24.6 Å². The molecule has 0 bridgehead atoms. The topological polar surface area (TPSA) is 134 Å². The fourth-order valence-electron chi connectivity index (χ4n) is 4.53. The number of carboxylic acids is 1. The van der Waals surface area contributed by atoms with Gasteiger partial charge in [0.25, 0.3) is 5.91 Å². The van der Waals surface area contributed by atoms with Gasteiger partial charge in [-0.25, -0.2) is 5.48 Å². The van der Waals surface area contributed by atoms with Crippen LogP contribution in [0.15, 0.2) is 48.5 Å². The van der Waals surface area contributed by atoms with Crippen molar-refractivity contribution in [2.24, 2.45) is 11.7 Å². The number of carbonyl (C=O) groups excluding carboxylic acids is 1. The minimum atomic E-state index is -0.926. The van der Waals surface area contributed by atoms with E-state index in [4.69, 9.17) is 20.8 Å². The first-order valence-electron chi connectivity index (χ1n) is 11.8. The molecule has 1 saturated carbocycles. The summed E-state index contributed by atoms with van der Waals surface area (Å²) in [6, 6.07) is 15.2. The lowest BCUT2D eigenvalue weighted by atomic mass is 9.83. The number of ether oxygens (including phenoxy) is 1. The lowest BCUT2D eigenvalue weighted by Crippen LogP contribution is -2.34. The average Bonchev–Trinajstić information content (AvgIpc) is 3.29. The smallest absolute Gasteiger partial charge is 0.320 e. The molecule has 1 heterocycles. The van der Waals surface area contributed by atoms with Crippen LogP contribution in [0.3, 0.4) is 0 Å². The Labute approximate surface area is 208 Å². The summed E-state index contributed by atoms with van der Waals surface area (Å²) in [6.07, 6.45) is 4.42. The minimum Gasteiger partial charge on any atom is -0.490 e. The lowest BCUT2D eigenvalue weighted by molar-refractivity contribution is -0.139. The zero-order valence-corrected chi connectivity index (χ0v) is 20.2. The minimum absolute atomic E-state index is 0.160. The number of hydrogen-bond acceptors (Lipinski definition) is 7. The van der Waals surface area contributed by atoms with E-state index in [9.17, 15) is 9.59 Å². The number of hydrogen-bond donors (Lipinski definition) is 5. The van der Waals surface area contributed by atoms with Crippen LogP contribution in [0.4, 0.5) is 0 Å². The highest BCUT2D eigenvalue weighted by Gasteiger charge is 2.25. The average molecular weight is 498 g/mol. The number of aliphatic carboxylic acids is 1. The zero-order chi connectivity index (χ0) is 24.8. The van der Waals surface area contributed by atoms with E-state index in [2.05, 4.69) is 23.5 Å². The normalized spacial score (nSPS) is 18.8. The highest BCUT2D eigenvalue weighted by atomic mass is 32.1. The van der Waals surface area contributed by atoms with Gasteiger partial charge >= 0.3 is 5.97 Å². The van der Waals surface area contributed by atoms with Gasteiger partial charge in [-0.15, -0.1) is 11.3 Å². The van der Waals surface area contributed by atoms with Gasteiger partial charge < -0.3 is 20.9 Å². The molecular formula is C26H31N3O5S. The summed E-state index contributed by atoms with van der Waals surface area (Å²) >= 11 is 1.35. The summed E-state index contributed by atoms with van der Waals surface area (Å²) in [5, 5.41) is 22.2. The molecular weight excluding hydrogens is 466 g/mol. The van der Waals surface area contributed by atoms with E-state index in [1.165, 1.54) is 11.3 Å². The van der Waals surface area contributed by atoms with E-state index in [-0.39, 0.29) is 6.10 Å². The number of amides is 1. The number of carboxylic acid groups (broad SMARTS) is 1. The van der Waals surface area contributed by atoms with Crippen LogP contribution >= 0.6 is 11.3 Å². The summed E-state index contributed by atoms with van der Waals surface area (Å²) in [5.74, 6) is -0.210. The van der Waals surface area contributed by atoms with Crippen LogP contribution < -0.4 is 21.3 Å². The third kappa shape index (κ3) is 6.79. The maximum absolute atomic E-state index is 11.6. The first kappa shape index (κ1) is 25.1. The van der Waals surface area contributed by atoms with Crippen LogP contribution in [0, 0.1) is 5.92 Å². The molecule has 9 heteroatoms. The molecule has 4 rings (SSSR count). The largest absolute Gasteiger partial charge is 0.490 e. The van der Waals surface area contributed by atoms with Crippen molar-refractivity contribution in [2.45, 2.75) is 57.3 Å². The second-order valence-corrected chi connectivity index (χ2v) is 10.2. The standard InChI is InChI=1S/C26H31N3O5S/c27-22(26(31)32)11-16-2-7-20(8-3-16)34-21-9-4-17(5-10-21)14-28-15-18-1-6-19-13-24(25(30)29-33)35-23(19)12-18/h1,4-6,9-10,12-13,16,20,22,28,33H,2-3,7-8,11,14-15,27H2,(H,29,30)(H,31,32)/t16?,20?,22-/m0/s1. The Balaban J connectivity index is 1.21. The number of hydroxylamine groups is 1. The predicted molar refractivity (Wildman–Crippen MR) is 135 cm³/mol. The molecule has 2 aromatic carbocycles. The number of fused-ring (bicyclic) bond motifs is 1. The Morgan fingerprint density at radius 3 is 2.40 bits per heavy atom. The highest BCUT2D eigenvalue weighted by molar-refractivity contribution is 7.20. The number of thiophene rings is 1. The predicted octanol–water partition coefficient (Wildman–Crippen LogP) is 4.05. The molecule has 35 heavy (non-hydrogen) atoms.